The predicted molar refractivity (Wildman–Crippen MR) is 107 cm³/mol. The molecule has 3 atom stereocenters. The first-order chi connectivity index (χ1) is 12.1. The van der Waals surface area contributed by atoms with E-state index >= 15 is 0 Å². The van der Waals surface area contributed by atoms with Crippen LogP contribution < -0.4 is 9.62 Å². The third kappa shape index (κ3) is 5.22. The lowest BCUT2D eigenvalue weighted by molar-refractivity contribution is -0.121. The summed E-state index contributed by atoms with van der Waals surface area (Å²) in [6.07, 6.45) is 4.40. The fourth-order valence-electron chi connectivity index (χ4n) is 3.98. The van der Waals surface area contributed by atoms with Gasteiger partial charge in [-0.2, -0.15) is 0 Å². The number of nitrogens with one attached hydrogen (secondary N) is 1. The van der Waals surface area contributed by atoms with E-state index in [0.717, 1.165) is 24.7 Å². The lowest BCUT2D eigenvalue weighted by Crippen LogP contribution is -2.49. The number of para-hydroxylation sites is 1. The molecule has 1 aromatic carbocycles. The zero-order chi connectivity index (χ0) is 19.5. The van der Waals surface area contributed by atoms with Crippen LogP contribution in [0.4, 0.5) is 5.69 Å². The van der Waals surface area contributed by atoms with Crippen molar-refractivity contribution >= 4 is 21.6 Å². The number of amides is 1. The summed E-state index contributed by atoms with van der Waals surface area (Å²) in [5.74, 6) is 1.29. The van der Waals surface area contributed by atoms with Crippen molar-refractivity contribution in [2.45, 2.75) is 53.0 Å². The Kier molecular flexibility index (Phi) is 6.72. The highest BCUT2D eigenvalue weighted by Gasteiger charge is 2.32. The molecule has 5 nitrogen and oxygen atoms in total. The molecule has 2 rings (SSSR count). The van der Waals surface area contributed by atoms with Crippen LogP contribution in [0.1, 0.15) is 45.6 Å². The van der Waals surface area contributed by atoms with Crippen molar-refractivity contribution < 1.29 is 13.2 Å². The largest absolute Gasteiger partial charge is 0.351 e. The van der Waals surface area contributed by atoms with Gasteiger partial charge in [0.1, 0.15) is 6.54 Å². The van der Waals surface area contributed by atoms with Gasteiger partial charge in [0, 0.05) is 6.04 Å². The van der Waals surface area contributed by atoms with Gasteiger partial charge in [0.15, 0.2) is 0 Å². The minimum Gasteiger partial charge on any atom is -0.351 e. The van der Waals surface area contributed by atoms with Crippen molar-refractivity contribution in [3.8, 4) is 0 Å². The maximum Gasteiger partial charge on any atom is 0.241 e. The topological polar surface area (TPSA) is 66.5 Å². The third-order valence-electron chi connectivity index (χ3n) is 5.44. The lowest BCUT2D eigenvalue weighted by atomic mass is 9.74. The van der Waals surface area contributed by atoms with Gasteiger partial charge in [-0.15, -0.1) is 0 Å². The van der Waals surface area contributed by atoms with E-state index in [9.17, 15) is 13.2 Å². The minimum atomic E-state index is -3.54. The van der Waals surface area contributed by atoms with Crippen LogP contribution in [0, 0.1) is 24.7 Å². The van der Waals surface area contributed by atoms with E-state index in [1.54, 1.807) is 12.1 Å². The average Bonchev–Trinajstić information content (AvgIpc) is 2.52. The number of hydrogen-bond acceptors (Lipinski definition) is 3. The van der Waals surface area contributed by atoms with Gasteiger partial charge in [-0.25, -0.2) is 8.42 Å². The van der Waals surface area contributed by atoms with Crippen molar-refractivity contribution in [1.82, 2.24) is 5.32 Å². The van der Waals surface area contributed by atoms with Gasteiger partial charge in [0.25, 0.3) is 0 Å². The molecule has 0 aliphatic heterocycles. The van der Waals surface area contributed by atoms with Crippen molar-refractivity contribution in [1.29, 1.82) is 0 Å². The van der Waals surface area contributed by atoms with Crippen molar-refractivity contribution in [2.24, 2.45) is 17.8 Å². The first-order valence-electron chi connectivity index (χ1n) is 9.42. The summed E-state index contributed by atoms with van der Waals surface area (Å²) in [4.78, 5) is 12.7. The molecule has 0 spiro atoms. The molecule has 1 aliphatic carbocycles. The molecular weight excluding hydrogens is 348 g/mol. The van der Waals surface area contributed by atoms with Crippen LogP contribution in [-0.2, 0) is 14.8 Å². The maximum absolute atomic E-state index is 12.7. The molecule has 1 saturated carbocycles. The lowest BCUT2D eigenvalue weighted by Gasteiger charge is -2.38. The second kappa shape index (κ2) is 8.42. The van der Waals surface area contributed by atoms with Gasteiger partial charge in [0.05, 0.1) is 11.9 Å². The second-order valence-corrected chi connectivity index (χ2v) is 9.96. The molecule has 146 valence electrons. The Morgan fingerprint density at radius 1 is 1.27 bits per heavy atom. The van der Waals surface area contributed by atoms with E-state index in [1.807, 2.05) is 19.1 Å². The number of hydrogen-bond donors (Lipinski definition) is 1. The molecule has 1 aromatic rings. The molecule has 1 amide bonds. The SMILES string of the molecule is Cc1ccccc1N(CC(=O)NC1CC(C)CCC1C(C)C)S(C)(=O)=O. The number of aryl methyl sites for hydroxylation is 1. The average molecular weight is 381 g/mol. The van der Waals surface area contributed by atoms with E-state index < -0.39 is 10.0 Å². The summed E-state index contributed by atoms with van der Waals surface area (Å²) >= 11 is 0. The zero-order valence-electron chi connectivity index (χ0n) is 16.5. The first kappa shape index (κ1) is 20.7. The number of sulfonamides is 1. The van der Waals surface area contributed by atoms with E-state index in [4.69, 9.17) is 0 Å². The van der Waals surface area contributed by atoms with Crippen LogP contribution in [-0.4, -0.2) is 33.2 Å². The second-order valence-electron chi connectivity index (χ2n) is 8.06. The highest BCUT2D eigenvalue weighted by Crippen LogP contribution is 2.33. The highest BCUT2D eigenvalue weighted by atomic mass is 32.2. The van der Waals surface area contributed by atoms with Gasteiger partial charge in [0.2, 0.25) is 15.9 Å². The van der Waals surface area contributed by atoms with Crippen LogP contribution in [0.5, 0.6) is 0 Å². The van der Waals surface area contributed by atoms with Crippen molar-refractivity contribution in [2.75, 3.05) is 17.1 Å². The Morgan fingerprint density at radius 3 is 2.50 bits per heavy atom. The van der Waals surface area contributed by atoms with Crippen LogP contribution in [0.15, 0.2) is 24.3 Å². The van der Waals surface area contributed by atoms with Gasteiger partial charge in [-0.05, 0) is 49.1 Å². The number of carbonyl (C=O) groups excluding carboxylic acids is 1. The van der Waals surface area contributed by atoms with E-state index in [1.165, 1.54) is 10.7 Å². The van der Waals surface area contributed by atoms with Crippen molar-refractivity contribution in [3.05, 3.63) is 29.8 Å². The molecular formula is C20H32N2O3S. The number of benzene rings is 1. The molecule has 6 heteroatoms. The van der Waals surface area contributed by atoms with Crippen LogP contribution in [0.3, 0.4) is 0 Å². The zero-order valence-corrected chi connectivity index (χ0v) is 17.3. The number of anilines is 1. The molecule has 0 heterocycles. The maximum atomic E-state index is 12.7. The molecule has 0 radical (unpaired) electrons. The molecule has 1 N–H and O–H groups in total. The number of rotatable bonds is 6. The molecule has 1 fully saturated rings. The van der Waals surface area contributed by atoms with E-state index in [0.29, 0.717) is 23.4 Å². The molecule has 0 bridgehead atoms. The summed E-state index contributed by atoms with van der Waals surface area (Å²) in [6, 6.07) is 7.35. The molecule has 1 aliphatic rings. The van der Waals surface area contributed by atoms with Crippen LogP contribution >= 0.6 is 0 Å². The Labute approximate surface area is 158 Å². The Hall–Kier alpha value is -1.56. The Morgan fingerprint density at radius 2 is 1.92 bits per heavy atom. The third-order valence-corrected chi connectivity index (χ3v) is 6.57. The summed E-state index contributed by atoms with van der Waals surface area (Å²) in [5, 5.41) is 3.13. The smallest absolute Gasteiger partial charge is 0.241 e. The quantitative estimate of drug-likeness (QED) is 0.823. The Bertz CT molecular complexity index is 730. The molecule has 26 heavy (non-hydrogen) atoms. The van der Waals surface area contributed by atoms with Crippen molar-refractivity contribution in [3.63, 3.8) is 0 Å². The first-order valence-corrected chi connectivity index (χ1v) is 11.3. The summed E-state index contributed by atoms with van der Waals surface area (Å²) in [6.45, 7) is 8.26. The Balaban J connectivity index is 2.16. The van der Waals surface area contributed by atoms with Crippen LogP contribution in [0.2, 0.25) is 0 Å². The van der Waals surface area contributed by atoms with Gasteiger partial charge in [-0.3, -0.25) is 9.10 Å². The summed E-state index contributed by atoms with van der Waals surface area (Å²) < 4.78 is 25.8. The molecule has 0 aromatic heterocycles. The van der Waals surface area contributed by atoms with E-state index in [2.05, 4.69) is 26.1 Å². The van der Waals surface area contributed by atoms with E-state index in [-0.39, 0.29) is 18.5 Å². The summed E-state index contributed by atoms with van der Waals surface area (Å²) in [7, 11) is -3.54. The number of nitrogens with zero attached hydrogens (tertiary/aromatic N) is 1. The number of carbonyl (C=O) groups is 1. The normalized spacial score (nSPS) is 23.7. The van der Waals surface area contributed by atoms with Gasteiger partial charge < -0.3 is 5.32 Å². The van der Waals surface area contributed by atoms with Gasteiger partial charge in [-0.1, -0.05) is 45.4 Å². The summed E-state index contributed by atoms with van der Waals surface area (Å²) in [5.41, 5.74) is 1.39. The van der Waals surface area contributed by atoms with Crippen LogP contribution in [0.25, 0.3) is 0 Å². The standard InChI is InChI=1S/C20H32N2O3S/c1-14(2)17-11-10-15(3)12-18(17)21-20(23)13-22(26(5,24)25)19-9-7-6-8-16(19)4/h6-9,14-15,17-18H,10-13H2,1-5H3,(H,21,23). The fraction of sp³-hybridized carbons (Fsp3) is 0.650. The highest BCUT2D eigenvalue weighted by molar-refractivity contribution is 7.92. The molecule has 0 saturated heterocycles. The van der Waals surface area contributed by atoms with Gasteiger partial charge >= 0.3 is 0 Å². The monoisotopic (exact) mass is 380 g/mol. The molecule has 3 unspecified atom stereocenters. The fourth-order valence-corrected chi connectivity index (χ4v) is 4.89. The predicted octanol–water partition coefficient (Wildman–Crippen LogP) is 3.34. The minimum absolute atomic E-state index is 0.115.